The highest BCUT2D eigenvalue weighted by Crippen LogP contribution is 2.12. The Labute approximate surface area is 81.4 Å². The monoisotopic (exact) mass is 225 g/mol. The van der Waals surface area contributed by atoms with Gasteiger partial charge in [0.05, 0.1) is 0 Å². The molecule has 2 N–H and O–H groups in total. The Morgan fingerprint density at radius 1 is 1.58 bits per heavy atom. The molecule has 0 heterocycles. The lowest BCUT2D eigenvalue weighted by atomic mass is 10.1. The molecule has 0 aromatic heterocycles. The van der Waals surface area contributed by atoms with Crippen LogP contribution in [0.25, 0.3) is 0 Å². The molecule has 0 radical (unpaired) electrons. The number of hydrogen-bond donors (Lipinski definition) is 1. The van der Waals surface area contributed by atoms with Crippen LogP contribution in [0.15, 0.2) is 41.4 Å². The van der Waals surface area contributed by atoms with Crippen LogP contribution in [0, 0.1) is 0 Å². The molecule has 1 nitrogen and oxygen atoms in total. The molecule has 12 heavy (non-hydrogen) atoms. The average molecular weight is 226 g/mol. The molecule has 0 aliphatic heterocycles. The quantitative estimate of drug-likeness (QED) is 0.787. The Kier molecular flexibility index (Phi) is 3.50. The van der Waals surface area contributed by atoms with E-state index in [0.717, 1.165) is 10.9 Å². The van der Waals surface area contributed by atoms with E-state index < -0.39 is 0 Å². The lowest BCUT2D eigenvalue weighted by molar-refractivity contribution is 0.812. The van der Waals surface area contributed by atoms with E-state index >= 15 is 0 Å². The Balaban J connectivity index is 2.69. The molecule has 1 rings (SSSR count). The van der Waals surface area contributed by atoms with Crippen molar-refractivity contribution in [1.29, 1.82) is 0 Å². The van der Waals surface area contributed by atoms with Gasteiger partial charge in [-0.25, -0.2) is 0 Å². The van der Waals surface area contributed by atoms with E-state index in [0.29, 0.717) is 0 Å². The summed E-state index contributed by atoms with van der Waals surface area (Å²) in [4.78, 5) is 0. The second kappa shape index (κ2) is 4.43. The zero-order valence-electron chi connectivity index (χ0n) is 6.83. The predicted octanol–water partition coefficient (Wildman–Crippen LogP) is 2.50. The van der Waals surface area contributed by atoms with E-state index in [1.165, 1.54) is 5.56 Å². The molecular weight excluding hydrogens is 214 g/mol. The van der Waals surface area contributed by atoms with Gasteiger partial charge in [0.1, 0.15) is 0 Å². The van der Waals surface area contributed by atoms with Crippen LogP contribution in [0.1, 0.15) is 5.56 Å². The molecule has 1 aromatic rings. The molecule has 1 unspecified atom stereocenters. The van der Waals surface area contributed by atoms with Crippen molar-refractivity contribution in [2.75, 3.05) is 0 Å². The van der Waals surface area contributed by atoms with Gasteiger partial charge in [0.15, 0.2) is 0 Å². The Morgan fingerprint density at radius 3 is 2.92 bits per heavy atom. The van der Waals surface area contributed by atoms with Crippen LogP contribution in [0.5, 0.6) is 0 Å². The zero-order chi connectivity index (χ0) is 8.97. The maximum absolute atomic E-state index is 5.72. The maximum atomic E-state index is 5.72. The van der Waals surface area contributed by atoms with Crippen LogP contribution in [0.3, 0.4) is 0 Å². The van der Waals surface area contributed by atoms with Crippen LogP contribution in [-0.2, 0) is 6.42 Å². The number of nitrogens with two attached hydrogens (primary N) is 1. The topological polar surface area (TPSA) is 26.0 Å². The molecular formula is C10H12BrN. The Bertz CT molecular complexity index is 270. The van der Waals surface area contributed by atoms with E-state index in [4.69, 9.17) is 5.73 Å². The molecule has 2 heteroatoms. The van der Waals surface area contributed by atoms with Crippen molar-refractivity contribution in [2.45, 2.75) is 12.5 Å². The second-order valence-corrected chi connectivity index (χ2v) is 3.65. The minimum Gasteiger partial charge on any atom is -0.324 e. The molecule has 0 aliphatic rings. The van der Waals surface area contributed by atoms with Crippen LogP contribution >= 0.6 is 15.9 Å². The van der Waals surface area contributed by atoms with Crippen molar-refractivity contribution in [3.63, 3.8) is 0 Å². The summed E-state index contributed by atoms with van der Waals surface area (Å²) in [5, 5.41) is 0. The van der Waals surface area contributed by atoms with Gasteiger partial charge < -0.3 is 5.73 Å². The summed E-state index contributed by atoms with van der Waals surface area (Å²) in [6.07, 6.45) is 2.61. The highest BCUT2D eigenvalue weighted by Gasteiger charge is 1.98. The third kappa shape index (κ3) is 2.80. The first-order valence-electron chi connectivity index (χ1n) is 3.85. The fourth-order valence-electron chi connectivity index (χ4n) is 1.02. The van der Waals surface area contributed by atoms with E-state index in [2.05, 4.69) is 34.6 Å². The number of halogens is 1. The smallest absolute Gasteiger partial charge is 0.0262 e. The van der Waals surface area contributed by atoms with Gasteiger partial charge in [0.2, 0.25) is 0 Å². The van der Waals surface area contributed by atoms with Gasteiger partial charge in [-0.2, -0.15) is 0 Å². The molecule has 1 aromatic carbocycles. The highest BCUT2D eigenvalue weighted by molar-refractivity contribution is 9.10. The fourth-order valence-corrected chi connectivity index (χ4v) is 1.47. The molecule has 1 atom stereocenters. The predicted molar refractivity (Wildman–Crippen MR) is 56.0 cm³/mol. The molecule has 0 amide bonds. The summed E-state index contributed by atoms with van der Waals surface area (Å²) >= 11 is 3.41. The normalized spacial score (nSPS) is 12.5. The third-order valence-electron chi connectivity index (χ3n) is 1.66. The van der Waals surface area contributed by atoms with Crippen LogP contribution in [-0.4, -0.2) is 6.04 Å². The Morgan fingerprint density at radius 2 is 2.33 bits per heavy atom. The minimum atomic E-state index is 0.0549. The standard InChI is InChI=1S/C10H12BrN/c1-2-10(12)7-8-4-3-5-9(11)6-8/h2-6,10H,1,7,12H2. The van der Waals surface area contributed by atoms with Gasteiger partial charge in [-0.05, 0) is 24.1 Å². The van der Waals surface area contributed by atoms with E-state index in [-0.39, 0.29) is 6.04 Å². The summed E-state index contributed by atoms with van der Waals surface area (Å²) < 4.78 is 1.09. The summed E-state index contributed by atoms with van der Waals surface area (Å²) in [5.41, 5.74) is 6.95. The number of rotatable bonds is 3. The molecule has 0 saturated heterocycles. The molecule has 0 aliphatic carbocycles. The fraction of sp³-hybridized carbons (Fsp3) is 0.200. The van der Waals surface area contributed by atoms with Crippen molar-refractivity contribution >= 4 is 15.9 Å². The first-order chi connectivity index (χ1) is 5.72. The molecule has 0 saturated carbocycles. The Hall–Kier alpha value is -0.600. The van der Waals surface area contributed by atoms with Gasteiger partial charge in [0.25, 0.3) is 0 Å². The van der Waals surface area contributed by atoms with Crippen molar-refractivity contribution in [3.05, 3.63) is 47.0 Å². The molecule has 0 spiro atoms. The summed E-state index contributed by atoms with van der Waals surface area (Å²) in [6, 6.07) is 8.20. The van der Waals surface area contributed by atoms with Gasteiger partial charge in [-0.3, -0.25) is 0 Å². The SMILES string of the molecule is C=CC(N)Cc1cccc(Br)c1. The van der Waals surface area contributed by atoms with Gasteiger partial charge >= 0.3 is 0 Å². The van der Waals surface area contributed by atoms with Crippen molar-refractivity contribution < 1.29 is 0 Å². The third-order valence-corrected chi connectivity index (χ3v) is 2.16. The number of hydrogen-bond acceptors (Lipinski definition) is 1. The average Bonchev–Trinajstić information content (AvgIpc) is 2.04. The van der Waals surface area contributed by atoms with Crippen LogP contribution in [0.4, 0.5) is 0 Å². The van der Waals surface area contributed by atoms with Gasteiger partial charge in [-0.1, -0.05) is 34.1 Å². The van der Waals surface area contributed by atoms with E-state index in [1.54, 1.807) is 6.08 Å². The summed E-state index contributed by atoms with van der Waals surface area (Å²) in [6.45, 7) is 3.64. The lowest BCUT2D eigenvalue weighted by Crippen LogP contribution is -2.19. The first-order valence-corrected chi connectivity index (χ1v) is 4.64. The van der Waals surface area contributed by atoms with Gasteiger partial charge in [0, 0.05) is 10.5 Å². The van der Waals surface area contributed by atoms with Gasteiger partial charge in [-0.15, -0.1) is 6.58 Å². The summed E-state index contributed by atoms with van der Waals surface area (Å²) in [7, 11) is 0. The minimum absolute atomic E-state index is 0.0549. The molecule has 64 valence electrons. The van der Waals surface area contributed by atoms with Crippen LogP contribution in [0.2, 0.25) is 0 Å². The zero-order valence-corrected chi connectivity index (χ0v) is 8.42. The summed E-state index contributed by atoms with van der Waals surface area (Å²) in [5.74, 6) is 0. The van der Waals surface area contributed by atoms with Crippen LogP contribution < -0.4 is 5.73 Å². The van der Waals surface area contributed by atoms with Crippen molar-refractivity contribution in [3.8, 4) is 0 Å². The lowest BCUT2D eigenvalue weighted by Gasteiger charge is -2.05. The number of benzene rings is 1. The maximum Gasteiger partial charge on any atom is 0.0262 e. The first kappa shape index (κ1) is 9.49. The van der Waals surface area contributed by atoms with E-state index in [9.17, 15) is 0 Å². The highest BCUT2D eigenvalue weighted by atomic mass is 79.9. The molecule has 0 fully saturated rings. The van der Waals surface area contributed by atoms with Crippen molar-refractivity contribution in [1.82, 2.24) is 0 Å². The second-order valence-electron chi connectivity index (χ2n) is 2.73. The van der Waals surface area contributed by atoms with Crippen molar-refractivity contribution in [2.24, 2.45) is 5.73 Å². The van der Waals surface area contributed by atoms with E-state index in [1.807, 2.05) is 12.1 Å². The largest absolute Gasteiger partial charge is 0.324 e. The molecule has 0 bridgehead atoms.